The van der Waals surface area contributed by atoms with Crippen molar-refractivity contribution < 1.29 is 0 Å². The van der Waals surface area contributed by atoms with Gasteiger partial charge in [0.1, 0.15) is 7.85 Å². The number of aromatic nitrogens is 1. The molecule has 2 nitrogen and oxygen atoms in total. The predicted octanol–water partition coefficient (Wildman–Crippen LogP) is -0.0230. The van der Waals surface area contributed by atoms with E-state index in [0.29, 0.717) is 11.5 Å². The Hall–Kier alpha value is -0.985. The molecule has 1 aromatic rings. The second kappa shape index (κ2) is 2.26. The van der Waals surface area contributed by atoms with Gasteiger partial charge in [0.2, 0.25) is 0 Å². The normalized spacial score (nSPS) is 16.7. The highest BCUT2D eigenvalue weighted by atomic mass is 16.1. The zero-order valence-electron chi connectivity index (χ0n) is 6.16. The maximum absolute atomic E-state index is 11.2. The van der Waals surface area contributed by atoms with Crippen molar-refractivity contribution >= 4 is 13.3 Å². The maximum Gasteiger partial charge on any atom is 0.250 e. The molecule has 0 N–H and O–H groups in total. The fourth-order valence-electron chi connectivity index (χ4n) is 1.16. The lowest BCUT2D eigenvalue weighted by Crippen LogP contribution is -2.22. The van der Waals surface area contributed by atoms with E-state index in [9.17, 15) is 4.79 Å². The van der Waals surface area contributed by atoms with Gasteiger partial charge in [-0.15, -0.1) is 0 Å². The van der Waals surface area contributed by atoms with Gasteiger partial charge in [-0.25, -0.2) is 0 Å². The third-order valence-electron chi connectivity index (χ3n) is 1.90. The summed E-state index contributed by atoms with van der Waals surface area (Å²) in [5.41, 5.74) is 0.721. The van der Waals surface area contributed by atoms with Crippen LogP contribution in [0.4, 0.5) is 0 Å². The quantitative estimate of drug-likeness (QED) is 0.509. The number of nitrogens with zero attached hydrogens (tertiary/aromatic N) is 1. The van der Waals surface area contributed by atoms with Crippen molar-refractivity contribution in [2.24, 2.45) is 0 Å². The van der Waals surface area contributed by atoms with Crippen LogP contribution in [0.2, 0.25) is 0 Å². The highest BCUT2D eigenvalue weighted by Crippen LogP contribution is 2.32. The first-order valence-electron chi connectivity index (χ1n) is 3.75. The highest BCUT2D eigenvalue weighted by Gasteiger charge is 2.23. The molecule has 0 aliphatic heterocycles. The zero-order chi connectivity index (χ0) is 7.84. The molecule has 1 aliphatic carbocycles. The van der Waals surface area contributed by atoms with E-state index in [1.165, 1.54) is 6.07 Å². The molecule has 0 spiro atoms. The summed E-state index contributed by atoms with van der Waals surface area (Å²) in [7, 11) is 5.53. The smallest absolute Gasteiger partial charge is 0.250 e. The largest absolute Gasteiger partial charge is 0.313 e. The molecule has 0 aromatic carbocycles. The minimum absolute atomic E-state index is 0.0571. The molecular weight excluding hydrogens is 137 g/mol. The average molecular weight is 145 g/mol. The van der Waals surface area contributed by atoms with Crippen LogP contribution >= 0.6 is 0 Å². The Morgan fingerprint density at radius 3 is 2.82 bits per heavy atom. The van der Waals surface area contributed by atoms with Crippen LogP contribution in [-0.4, -0.2) is 12.4 Å². The van der Waals surface area contributed by atoms with E-state index in [2.05, 4.69) is 0 Å². The summed E-state index contributed by atoms with van der Waals surface area (Å²) in [6, 6.07) is 3.58. The SMILES string of the molecule is [B]c1ccc(=O)n(C2CC2)c1. The van der Waals surface area contributed by atoms with E-state index < -0.39 is 0 Å². The highest BCUT2D eigenvalue weighted by molar-refractivity contribution is 6.32. The molecule has 1 heterocycles. The molecular formula is C8H8BNO. The van der Waals surface area contributed by atoms with Crippen LogP contribution in [0.1, 0.15) is 18.9 Å². The Kier molecular flexibility index (Phi) is 1.38. The summed E-state index contributed by atoms with van der Waals surface area (Å²) in [4.78, 5) is 11.2. The van der Waals surface area contributed by atoms with Crippen molar-refractivity contribution in [3.8, 4) is 0 Å². The standard InChI is InChI=1S/C8H8BNO/c9-6-1-4-8(11)10(5-6)7-2-3-7/h1,4-5,7H,2-3H2. The molecule has 3 heteroatoms. The summed E-state index contributed by atoms with van der Waals surface area (Å²) in [6.07, 6.45) is 3.95. The lowest BCUT2D eigenvalue weighted by atomic mass is 9.99. The fraction of sp³-hybridized carbons (Fsp3) is 0.375. The Morgan fingerprint density at radius 1 is 1.45 bits per heavy atom. The minimum atomic E-state index is 0.0571. The topological polar surface area (TPSA) is 22.0 Å². The van der Waals surface area contributed by atoms with Crippen LogP contribution in [0, 0.1) is 0 Å². The minimum Gasteiger partial charge on any atom is -0.313 e. The van der Waals surface area contributed by atoms with Crippen LogP contribution in [0.25, 0.3) is 0 Å². The third-order valence-corrected chi connectivity index (χ3v) is 1.90. The first-order valence-corrected chi connectivity index (χ1v) is 3.75. The van der Waals surface area contributed by atoms with Gasteiger partial charge in [-0.2, -0.15) is 0 Å². The summed E-state index contributed by atoms with van der Waals surface area (Å²) in [5, 5.41) is 0. The van der Waals surface area contributed by atoms with Gasteiger partial charge in [-0.1, -0.05) is 11.5 Å². The summed E-state index contributed by atoms with van der Waals surface area (Å²) < 4.78 is 1.72. The fourth-order valence-corrected chi connectivity index (χ4v) is 1.16. The van der Waals surface area contributed by atoms with Crippen molar-refractivity contribution in [3.05, 3.63) is 28.7 Å². The summed E-state index contributed by atoms with van der Waals surface area (Å²) in [6.45, 7) is 0. The maximum atomic E-state index is 11.2. The van der Waals surface area contributed by atoms with Crippen LogP contribution in [0.15, 0.2) is 23.1 Å². The van der Waals surface area contributed by atoms with Gasteiger partial charge in [0.15, 0.2) is 0 Å². The van der Waals surface area contributed by atoms with Gasteiger partial charge in [0, 0.05) is 18.3 Å². The Balaban J connectivity index is 2.51. The van der Waals surface area contributed by atoms with Crippen LogP contribution in [0.5, 0.6) is 0 Å². The molecule has 0 amide bonds. The van der Waals surface area contributed by atoms with Crippen molar-refractivity contribution in [1.82, 2.24) is 4.57 Å². The van der Waals surface area contributed by atoms with Gasteiger partial charge in [-0.3, -0.25) is 4.79 Å². The third kappa shape index (κ3) is 1.23. The second-order valence-electron chi connectivity index (χ2n) is 2.94. The Labute approximate surface area is 66.3 Å². The Morgan fingerprint density at radius 2 is 2.18 bits per heavy atom. The molecule has 1 fully saturated rings. The average Bonchev–Trinajstić information content (AvgIpc) is 2.76. The molecule has 0 atom stereocenters. The lowest BCUT2D eigenvalue weighted by Gasteiger charge is -2.02. The van der Waals surface area contributed by atoms with E-state index in [4.69, 9.17) is 7.85 Å². The number of pyridine rings is 1. The molecule has 2 rings (SSSR count). The predicted molar refractivity (Wildman–Crippen MR) is 44.4 cm³/mol. The van der Waals surface area contributed by atoms with Crippen LogP contribution in [0.3, 0.4) is 0 Å². The van der Waals surface area contributed by atoms with Gasteiger partial charge in [-0.05, 0) is 12.8 Å². The summed E-state index contributed by atoms with van der Waals surface area (Å²) >= 11 is 0. The molecule has 54 valence electrons. The van der Waals surface area contributed by atoms with E-state index in [1.807, 2.05) is 0 Å². The van der Waals surface area contributed by atoms with E-state index in [0.717, 1.165) is 12.8 Å². The molecule has 0 saturated heterocycles. The monoisotopic (exact) mass is 145 g/mol. The zero-order valence-corrected chi connectivity index (χ0v) is 6.16. The molecule has 1 saturated carbocycles. The van der Waals surface area contributed by atoms with Gasteiger partial charge < -0.3 is 4.57 Å². The molecule has 1 aromatic heterocycles. The van der Waals surface area contributed by atoms with Crippen molar-refractivity contribution in [3.63, 3.8) is 0 Å². The Bertz CT molecular complexity index is 327. The first-order chi connectivity index (χ1) is 5.27. The lowest BCUT2D eigenvalue weighted by molar-refractivity contribution is 0.710. The second-order valence-corrected chi connectivity index (χ2v) is 2.94. The van der Waals surface area contributed by atoms with E-state index >= 15 is 0 Å². The molecule has 0 unspecified atom stereocenters. The molecule has 11 heavy (non-hydrogen) atoms. The van der Waals surface area contributed by atoms with Gasteiger partial charge >= 0.3 is 0 Å². The van der Waals surface area contributed by atoms with Gasteiger partial charge in [0.05, 0.1) is 0 Å². The van der Waals surface area contributed by atoms with Crippen LogP contribution < -0.4 is 11.0 Å². The molecule has 2 radical (unpaired) electrons. The van der Waals surface area contributed by atoms with Crippen LogP contribution in [-0.2, 0) is 0 Å². The molecule has 0 bridgehead atoms. The number of rotatable bonds is 1. The van der Waals surface area contributed by atoms with Crippen molar-refractivity contribution in [2.45, 2.75) is 18.9 Å². The number of hydrogen-bond acceptors (Lipinski definition) is 1. The number of hydrogen-bond donors (Lipinski definition) is 0. The summed E-state index contributed by atoms with van der Waals surface area (Å²) in [5.74, 6) is 0. The first kappa shape index (κ1) is 6.71. The van der Waals surface area contributed by atoms with E-state index in [1.54, 1.807) is 16.8 Å². The molecule has 1 aliphatic rings. The van der Waals surface area contributed by atoms with E-state index in [-0.39, 0.29) is 5.56 Å². The van der Waals surface area contributed by atoms with Crippen molar-refractivity contribution in [1.29, 1.82) is 0 Å². The van der Waals surface area contributed by atoms with Gasteiger partial charge in [0.25, 0.3) is 5.56 Å². The van der Waals surface area contributed by atoms with Crippen molar-refractivity contribution in [2.75, 3.05) is 0 Å².